The number of nitrogens with zero attached hydrogens (tertiary/aromatic N) is 4. The molecule has 0 saturated carbocycles. The monoisotopic (exact) mass is 288 g/mol. The number of aromatic nitrogens is 4. The minimum Gasteiger partial charge on any atom is -0.357 e. The van der Waals surface area contributed by atoms with Gasteiger partial charge in [0.05, 0.1) is 0 Å². The van der Waals surface area contributed by atoms with Crippen LogP contribution in [0.25, 0.3) is 5.65 Å². The predicted octanol–water partition coefficient (Wildman–Crippen LogP) is 2.87. The number of halogens is 1. The molecule has 0 spiro atoms. The highest BCUT2D eigenvalue weighted by atomic mass is 35.5. The van der Waals surface area contributed by atoms with Gasteiger partial charge in [0.1, 0.15) is 0 Å². The van der Waals surface area contributed by atoms with Gasteiger partial charge in [-0.3, -0.25) is 4.40 Å². The summed E-state index contributed by atoms with van der Waals surface area (Å²) in [5, 5.41) is 15.1. The Morgan fingerprint density at radius 2 is 2.10 bits per heavy atom. The van der Waals surface area contributed by atoms with Gasteiger partial charge in [-0.1, -0.05) is 17.7 Å². The topological polar surface area (TPSA) is 67.1 Å². The first-order valence-corrected chi connectivity index (χ1v) is 6.47. The van der Waals surface area contributed by atoms with E-state index in [1.54, 1.807) is 19.4 Å². The van der Waals surface area contributed by atoms with Crippen molar-refractivity contribution < 1.29 is 0 Å². The maximum atomic E-state index is 6.02. The van der Waals surface area contributed by atoms with E-state index in [4.69, 9.17) is 11.6 Å². The van der Waals surface area contributed by atoms with Crippen LogP contribution in [0.4, 0.5) is 17.5 Å². The molecule has 0 aliphatic carbocycles. The Hall–Kier alpha value is -2.34. The molecule has 102 valence electrons. The van der Waals surface area contributed by atoms with E-state index in [2.05, 4.69) is 25.8 Å². The predicted molar refractivity (Wildman–Crippen MR) is 79.8 cm³/mol. The molecule has 0 atom stereocenters. The summed E-state index contributed by atoms with van der Waals surface area (Å²) >= 11 is 6.02. The second-order valence-corrected chi connectivity index (χ2v) is 4.76. The van der Waals surface area contributed by atoms with Crippen LogP contribution in [0.5, 0.6) is 0 Å². The molecule has 0 aliphatic heterocycles. The molecule has 3 rings (SSSR count). The lowest BCUT2D eigenvalue weighted by Gasteiger charge is -2.09. The maximum absolute atomic E-state index is 6.02. The molecule has 2 heterocycles. The van der Waals surface area contributed by atoms with Crippen LogP contribution in [0.15, 0.2) is 30.6 Å². The number of anilines is 3. The van der Waals surface area contributed by atoms with E-state index in [9.17, 15) is 0 Å². The summed E-state index contributed by atoms with van der Waals surface area (Å²) in [6, 6.07) is 5.66. The number of hydrogen-bond donors (Lipinski definition) is 2. The number of benzene rings is 1. The molecule has 1 aromatic carbocycles. The van der Waals surface area contributed by atoms with Gasteiger partial charge < -0.3 is 10.6 Å². The molecule has 0 unspecified atom stereocenters. The van der Waals surface area contributed by atoms with Crippen LogP contribution in [-0.4, -0.2) is 26.6 Å². The molecular formula is C13H13ClN6. The third kappa shape index (κ3) is 2.14. The number of fused-ring (bicyclic) bond motifs is 1. The SMILES string of the molecule is CNc1nnc2c(Nc3cc(Cl)ccc3C)nccn12. The van der Waals surface area contributed by atoms with Gasteiger partial charge in [-0.2, -0.15) is 0 Å². The fourth-order valence-corrected chi connectivity index (χ4v) is 2.11. The Morgan fingerprint density at radius 1 is 1.25 bits per heavy atom. The van der Waals surface area contributed by atoms with Crippen molar-refractivity contribution in [1.29, 1.82) is 0 Å². The van der Waals surface area contributed by atoms with Crippen LogP contribution in [0.2, 0.25) is 5.02 Å². The number of nitrogens with one attached hydrogen (secondary N) is 2. The fraction of sp³-hybridized carbons (Fsp3) is 0.154. The molecule has 3 aromatic rings. The Bertz CT molecular complexity index is 767. The van der Waals surface area contributed by atoms with Gasteiger partial charge >= 0.3 is 0 Å². The lowest BCUT2D eigenvalue weighted by molar-refractivity contribution is 1.09. The zero-order chi connectivity index (χ0) is 14.1. The zero-order valence-corrected chi connectivity index (χ0v) is 11.8. The maximum Gasteiger partial charge on any atom is 0.228 e. The van der Waals surface area contributed by atoms with Gasteiger partial charge in [0.25, 0.3) is 0 Å². The molecule has 2 N–H and O–H groups in total. The summed E-state index contributed by atoms with van der Waals surface area (Å²) in [5.41, 5.74) is 2.62. The second-order valence-electron chi connectivity index (χ2n) is 4.33. The van der Waals surface area contributed by atoms with Crippen molar-refractivity contribution in [3.8, 4) is 0 Å². The average Bonchev–Trinajstić information content (AvgIpc) is 2.87. The minimum absolute atomic E-state index is 0.631. The third-order valence-corrected chi connectivity index (χ3v) is 3.24. The largest absolute Gasteiger partial charge is 0.357 e. The highest BCUT2D eigenvalue weighted by Gasteiger charge is 2.10. The van der Waals surface area contributed by atoms with Crippen molar-refractivity contribution in [1.82, 2.24) is 19.6 Å². The lowest BCUT2D eigenvalue weighted by atomic mass is 10.2. The standard InChI is InChI=1S/C13H13ClN6/c1-8-3-4-9(14)7-10(8)17-11-12-18-19-13(15-2)20(12)6-5-16-11/h3-7H,1-2H3,(H,15,19)(H,16,17). The van der Waals surface area contributed by atoms with Crippen molar-refractivity contribution in [2.45, 2.75) is 6.92 Å². The van der Waals surface area contributed by atoms with Crippen LogP contribution in [-0.2, 0) is 0 Å². The van der Waals surface area contributed by atoms with E-state index >= 15 is 0 Å². The van der Waals surface area contributed by atoms with Crippen LogP contribution < -0.4 is 10.6 Å². The summed E-state index contributed by atoms with van der Waals surface area (Å²) in [6.07, 6.45) is 3.50. The first kappa shape index (κ1) is 12.7. The van der Waals surface area contributed by atoms with Crippen molar-refractivity contribution in [2.24, 2.45) is 0 Å². The highest BCUT2D eigenvalue weighted by molar-refractivity contribution is 6.30. The molecule has 2 aromatic heterocycles. The van der Waals surface area contributed by atoms with E-state index in [1.165, 1.54) is 0 Å². The zero-order valence-electron chi connectivity index (χ0n) is 11.1. The van der Waals surface area contributed by atoms with E-state index in [0.29, 0.717) is 22.4 Å². The molecule has 20 heavy (non-hydrogen) atoms. The summed E-state index contributed by atoms with van der Waals surface area (Å²) in [6.45, 7) is 2.00. The van der Waals surface area contributed by atoms with Gasteiger partial charge in [-0.05, 0) is 24.6 Å². The minimum atomic E-state index is 0.631. The first-order valence-electron chi connectivity index (χ1n) is 6.09. The first-order chi connectivity index (χ1) is 9.69. The Balaban J connectivity index is 2.06. The van der Waals surface area contributed by atoms with E-state index < -0.39 is 0 Å². The Morgan fingerprint density at radius 3 is 2.90 bits per heavy atom. The normalized spacial score (nSPS) is 10.8. The Labute approximate surface area is 120 Å². The number of rotatable bonds is 3. The fourth-order valence-electron chi connectivity index (χ4n) is 1.94. The summed E-state index contributed by atoms with van der Waals surface area (Å²) in [7, 11) is 1.80. The molecule has 0 saturated heterocycles. The molecule has 0 amide bonds. The van der Waals surface area contributed by atoms with Gasteiger partial charge in [-0.15, -0.1) is 10.2 Å². The van der Waals surface area contributed by atoms with Crippen LogP contribution in [0, 0.1) is 6.92 Å². The van der Waals surface area contributed by atoms with Crippen molar-refractivity contribution in [3.63, 3.8) is 0 Å². The molecule has 0 aliphatic rings. The van der Waals surface area contributed by atoms with Gasteiger partial charge in [0.2, 0.25) is 11.6 Å². The van der Waals surface area contributed by atoms with E-state index in [-0.39, 0.29) is 0 Å². The smallest absolute Gasteiger partial charge is 0.228 e. The molecule has 0 radical (unpaired) electrons. The number of aryl methyl sites for hydroxylation is 1. The van der Waals surface area contributed by atoms with Crippen LogP contribution >= 0.6 is 11.6 Å². The van der Waals surface area contributed by atoms with Crippen molar-refractivity contribution in [2.75, 3.05) is 17.7 Å². The Kier molecular flexibility index (Phi) is 3.15. The van der Waals surface area contributed by atoms with E-state index in [1.807, 2.05) is 29.5 Å². The molecule has 0 bridgehead atoms. The van der Waals surface area contributed by atoms with Crippen LogP contribution in [0.3, 0.4) is 0 Å². The lowest BCUT2D eigenvalue weighted by Crippen LogP contribution is -2.01. The van der Waals surface area contributed by atoms with Gasteiger partial charge in [0, 0.05) is 30.2 Å². The molecule has 0 fully saturated rings. The van der Waals surface area contributed by atoms with Gasteiger partial charge in [-0.25, -0.2) is 4.98 Å². The molecule has 6 nitrogen and oxygen atoms in total. The number of hydrogen-bond acceptors (Lipinski definition) is 5. The molecular weight excluding hydrogens is 276 g/mol. The summed E-state index contributed by atoms with van der Waals surface area (Å²) in [5.74, 6) is 1.29. The quantitative estimate of drug-likeness (QED) is 0.776. The third-order valence-electron chi connectivity index (χ3n) is 3.00. The van der Waals surface area contributed by atoms with Crippen LogP contribution in [0.1, 0.15) is 5.56 Å². The average molecular weight is 289 g/mol. The van der Waals surface area contributed by atoms with Crippen molar-refractivity contribution >= 4 is 34.7 Å². The highest BCUT2D eigenvalue weighted by Crippen LogP contribution is 2.25. The van der Waals surface area contributed by atoms with Crippen molar-refractivity contribution in [3.05, 3.63) is 41.2 Å². The summed E-state index contributed by atoms with van der Waals surface area (Å²) in [4.78, 5) is 4.32. The van der Waals surface area contributed by atoms with Gasteiger partial charge in [0.15, 0.2) is 5.82 Å². The van der Waals surface area contributed by atoms with E-state index in [0.717, 1.165) is 11.3 Å². The second kappa shape index (κ2) is 4.97. The molecule has 7 heteroatoms. The summed E-state index contributed by atoms with van der Waals surface area (Å²) < 4.78 is 1.83.